The molecule has 0 fully saturated rings. The van der Waals surface area contributed by atoms with Crippen molar-refractivity contribution in [2.45, 2.75) is 6.54 Å². The van der Waals surface area contributed by atoms with Crippen LogP contribution in [-0.4, -0.2) is 22.8 Å². The Morgan fingerprint density at radius 1 is 1.29 bits per heavy atom. The van der Waals surface area contributed by atoms with Gasteiger partial charge in [0.05, 0.1) is 0 Å². The van der Waals surface area contributed by atoms with E-state index in [0.717, 1.165) is 5.56 Å². The van der Waals surface area contributed by atoms with Crippen molar-refractivity contribution in [3.63, 3.8) is 0 Å². The third-order valence-corrected chi connectivity index (χ3v) is 3.31. The lowest BCUT2D eigenvalue weighted by Gasteiger charge is -2.18. The van der Waals surface area contributed by atoms with Crippen LogP contribution in [0.1, 0.15) is 15.9 Å². The van der Waals surface area contributed by atoms with Gasteiger partial charge in [-0.05, 0) is 29.8 Å². The Morgan fingerprint density at radius 3 is 2.57 bits per heavy atom. The van der Waals surface area contributed by atoms with E-state index in [1.165, 1.54) is 6.07 Å². The Bertz CT molecular complexity index is 646. The third kappa shape index (κ3) is 4.07. The van der Waals surface area contributed by atoms with Crippen LogP contribution in [-0.2, 0) is 6.54 Å². The number of nitrogen functional groups attached to an aromatic ring is 1. The van der Waals surface area contributed by atoms with Gasteiger partial charge in [0.2, 0.25) is 0 Å². The second kappa shape index (κ2) is 6.76. The summed E-state index contributed by atoms with van der Waals surface area (Å²) in [6.45, 7) is 0.460. The number of carbonyl (C=O) groups is 1. The zero-order valence-electron chi connectivity index (χ0n) is 11.3. The molecule has 0 saturated heterocycles. The monoisotopic (exact) mass is 324 g/mol. The Hall–Kier alpha value is -1.82. The lowest BCUT2D eigenvalue weighted by atomic mass is 10.2. The molecule has 0 saturated carbocycles. The molecular weight excluding hydrogens is 311 g/mol. The summed E-state index contributed by atoms with van der Waals surface area (Å²) in [6.07, 6.45) is 0. The summed E-state index contributed by atoms with van der Waals surface area (Å²) in [7, 11) is 1.71. The van der Waals surface area contributed by atoms with Crippen molar-refractivity contribution in [1.29, 1.82) is 0 Å². The van der Waals surface area contributed by atoms with E-state index in [0.29, 0.717) is 22.9 Å². The van der Waals surface area contributed by atoms with Gasteiger partial charge in [-0.1, -0.05) is 35.3 Å². The maximum atomic E-state index is 12.4. The molecule has 0 aliphatic heterocycles. The number of halogens is 2. The number of hydrogen-bond donors (Lipinski definition) is 2. The molecule has 0 radical (unpaired) electrons. The lowest BCUT2D eigenvalue weighted by Crippen LogP contribution is -2.26. The summed E-state index contributed by atoms with van der Waals surface area (Å²) >= 11 is 11.7. The first kappa shape index (κ1) is 15.6. The SMILES string of the molecule is CN(Cc1ccc(Cl)cc1)C(=O)c1cc(Cl)nc(NN)c1. The second-order valence-electron chi connectivity index (χ2n) is 4.50. The van der Waals surface area contributed by atoms with Gasteiger partial charge in [0, 0.05) is 24.2 Å². The van der Waals surface area contributed by atoms with Gasteiger partial charge < -0.3 is 10.3 Å². The molecule has 5 nitrogen and oxygen atoms in total. The molecule has 21 heavy (non-hydrogen) atoms. The topological polar surface area (TPSA) is 71.2 Å². The second-order valence-corrected chi connectivity index (χ2v) is 5.32. The van der Waals surface area contributed by atoms with Crippen LogP contribution >= 0.6 is 23.2 Å². The van der Waals surface area contributed by atoms with Gasteiger partial charge in [-0.25, -0.2) is 10.8 Å². The Morgan fingerprint density at radius 2 is 1.95 bits per heavy atom. The molecule has 0 spiro atoms. The summed E-state index contributed by atoms with van der Waals surface area (Å²) in [5.41, 5.74) is 3.77. The fourth-order valence-corrected chi connectivity index (χ4v) is 2.18. The number of pyridine rings is 1. The number of hydrogen-bond acceptors (Lipinski definition) is 4. The minimum atomic E-state index is -0.175. The van der Waals surface area contributed by atoms with Crippen LogP contribution in [0.2, 0.25) is 10.2 Å². The number of amides is 1. The molecule has 0 bridgehead atoms. The predicted octanol–water partition coefficient (Wildman–Crippen LogP) is 2.95. The quantitative estimate of drug-likeness (QED) is 0.515. The summed E-state index contributed by atoms with van der Waals surface area (Å²) in [4.78, 5) is 17.9. The minimum Gasteiger partial charge on any atom is -0.337 e. The number of aromatic nitrogens is 1. The fourth-order valence-electron chi connectivity index (χ4n) is 1.85. The zero-order chi connectivity index (χ0) is 15.4. The van der Waals surface area contributed by atoms with Crippen molar-refractivity contribution in [2.24, 2.45) is 5.84 Å². The van der Waals surface area contributed by atoms with Crippen molar-refractivity contribution in [1.82, 2.24) is 9.88 Å². The van der Waals surface area contributed by atoms with Gasteiger partial charge in [-0.3, -0.25) is 4.79 Å². The highest BCUT2D eigenvalue weighted by atomic mass is 35.5. The molecule has 1 heterocycles. The van der Waals surface area contributed by atoms with E-state index < -0.39 is 0 Å². The molecular formula is C14H14Cl2N4O. The highest BCUT2D eigenvalue weighted by Crippen LogP contribution is 2.17. The standard InChI is InChI=1S/C14H14Cl2N4O/c1-20(8-9-2-4-11(15)5-3-9)14(21)10-6-12(16)18-13(7-10)19-17/h2-7H,8,17H2,1H3,(H,18,19). The zero-order valence-corrected chi connectivity index (χ0v) is 12.8. The number of nitrogens with two attached hydrogens (primary N) is 1. The van der Waals surface area contributed by atoms with E-state index in [2.05, 4.69) is 10.4 Å². The maximum Gasteiger partial charge on any atom is 0.254 e. The van der Waals surface area contributed by atoms with E-state index in [-0.39, 0.29) is 11.1 Å². The van der Waals surface area contributed by atoms with E-state index in [9.17, 15) is 4.79 Å². The average Bonchev–Trinajstić information content (AvgIpc) is 2.48. The van der Waals surface area contributed by atoms with Gasteiger partial charge in [-0.15, -0.1) is 0 Å². The molecule has 0 aliphatic rings. The minimum absolute atomic E-state index is 0.175. The first-order chi connectivity index (χ1) is 9.99. The van der Waals surface area contributed by atoms with Crippen LogP contribution in [0, 0.1) is 0 Å². The smallest absolute Gasteiger partial charge is 0.254 e. The Kier molecular flexibility index (Phi) is 5.01. The molecule has 1 aromatic heterocycles. The van der Waals surface area contributed by atoms with Crippen LogP contribution < -0.4 is 11.3 Å². The molecule has 3 N–H and O–H groups in total. The number of rotatable bonds is 4. The molecule has 2 rings (SSSR count). The van der Waals surface area contributed by atoms with E-state index in [4.69, 9.17) is 29.0 Å². The average molecular weight is 325 g/mol. The van der Waals surface area contributed by atoms with Gasteiger partial charge in [0.1, 0.15) is 11.0 Å². The number of nitrogens with one attached hydrogen (secondary N) is 1. The lowest BCUT2D eigenvalue weighted by molar-refractivity contribution is 0.0785. The molecule has 110 valence electrons. The largest absolute Gasteiger partial charge is 0.337 e. The molecule has 1 aromatic carbocycles. The van der Waals surface area contributed by atoms with Gasteiger partial charge in [-0.2, -0.15) is 0 Å². The van der Waals surface area contributed by atoms with E-state index >= 15 is 0 Å². The van der Waals surface area contributed by atoms with Crippen LogP contribution in [0.25, 0.3) is 0 Å². The van der Waals surface area contributed by atoms with Crippen molar-refractivity contribution < 1.29 is 4.79 Å². The Balaban J connectivity index is 2.15. The van der Waals surface area contributed by atoms with Crippen molar-refractivity contribution >= 4 is 34.9 Å². The van der Waals surface area contributed by atoms with E-state index in [1.54, 1.807) is 30.1 Å². The first-order valence-electron chi connectivity index (χ1n) is 6.13. The summed E-state index contributed by atoms with van der Waals surface area (Å²) < 4.78 is 0. The predicted molar refractivity (Wildman–Crippen MR) is 84.3 cm³/mol. The van der Waals surface area contributed by atoms with Gasteiger partial charge >= 0.3 is 0 Å². The van der Waals surface area contributed by atoms with Crippen LogP contribution in [0.5, 0.6) is 0 Å². The summed E-state index contributed by atoms with van der Waals surface area (Å²) in [5, 5.41) is 0.862. The number of nitrogens with zero attached hydrogens (tertiary/aromatic N) is 2. The third-order valence-electron chi connectivity index (χ3n) is 2.87. The number of hydrazine groups is 1. The molecule has 7 heteroatoms. The molecule has 0 aliphatic carbocycles. The summed E-state index contributed by atoms with van der Waals surface area (Å²) in [6, 6.07) is 10.4. The highest BCUT2D eigenvalue weighted by Gasteiger charge is 2.14. The maximum absolute atomic E-state index is 12.4. The van der Waals surface area contributed by atoms with Crippen molar-refractivity contribution in [3.05, 3.63) is 57.7 Å². The number of anilines is 1. The van der Waals surface area contributed by atoms with Crippen LogP contribution in [0.3, 0.4) is 0 Å². The molecule has 2 aromatic rings. The van der Waals surface area contributed by atoms with Crippen LogP contribution in [0.15, 0.2) is 36.4 Å². The Labute approximate surface area is 132 Å². The number of carbonyl (C=O) groups excluding carboxylic acids is 1. The highest BCUT2D eigenvalue weighted by molar-refractivity contribution is 6.30. The molecule has 1 amide bonds. The fraction of sp³-hybridized carbons (Fsp3) is 0.143. The van der Waals surface area contributed by atoms with Gasteiger partial charge in [0.25, 0.3) is 5.91 Å². The van der Waals surface area contributed by atoms with Crippen molar-refractivity contribution in [3.8, 4) is 0 Å². The van der Waals surface area contributed by atoms with Gasteiger partial charge in [0.15, 0.2) is 0 Å². The normalized spacial score (nSPS) is 10.3. The molecule has 0 atom stereocenters. The van der Waals surface area contributed by atoms with E-state index in [1.807, 2.05) is 12.1 Å². The van der Waals surface area contributed by atoms with Crippen LogP contribution in [0.4, 0.5) is 5.82 Å². The van der Waals surface area contributed by atoms with Crippen molar-refractivity contribution in [2.75, 3.05) is 12.5 Å². The summed E-state index contributed by atoms with van der Waals surface area (Å²) in [5.74, 6) is 5.46. The first-order valence-corrected chi connectivity index (χ1v) is 6.89. The number of benzene rings is 1. The molecule has 0 unspecified atom stereocenters.